The largest absolute Gasteiger partial charge is 0.0915 e. The van der Waals surface area contributed by atoms with Gasteiger partial charge in [0.15, 0.2) is 0 Å². The number of rotatable bonds is 5. The minimum absolute atomic E-state index is 0.915. The molecule has 1 aliphatic rings. The smallest absolute Gasteiger partial charge is 0.0579 e. The van der Waals surface area contributed by atoms with Crippen LogP contribution in [0.15, 0.2) is 66.7 Å². The maximum atomic E-state index is 2.56. The molecule has 0 fully saturated rings. The maximum absolute atomic E-state index is 2.56. The highest BCUT2D eigenvalue weighted by atomic mass is 28.3. The summed E-state index contributed by atoms with van der Waals surface area (Å²) in [5.41, 5.74) is 4.11. The number of hydrogen-bond donors (Lipinski definition) is 0. The lowest BCUT2D eigenvalue weighted by Gasteiger charge is -2.20. The van der Waals surface area contributed by atoms with E-state index in [1.165, 1.54) is 47.7 Å². The molecule has 0 saturated heterocycles. The SMILES string of the molecule is C[Si]1(CCCc2ccc(-c3ccccc3)cc2)CC=CC1. The lowest BCUT2D eigenvalue weighted by atomic mass is 10.0. The van der Waals surface area contributed by atoms with E-state index in [1.807, 2.05) is 0 Å². The van der Waals surface area contributed by atoms with Crippen molar-refractivity contribution in [2.75, 3.05) is 0 Å². The van der Waals surface area contributed by atoms with E-state index in [1.54, 1.807) is 0 Å². The van der Waals surface area contributed by atoms with Gasteiger partial charge in [0.1, 0.15) is 0 Å². The first-order chi connectivity index (χ1) is 10.3. The molecule has 2 aromatic carbocycles. The first-order valence-electron chi connectivity index (χ1n) is 8.05. The molecular formula is C20H24Si. The molecule has 0 atom stereocenters. The van der Waals surface area contributed by atoms with E-state index in [9.17, 15) is 0 Å². The van der Waals surface area contributed by atoms with E-state index >= 15 is 0 Å². The van der Waals surface area contributed by atoms with Crippen LogP contribution < -0.4 is 0 Å². The van der Waals surface area contributed by atoms with Gasteiger partial charge < -0.3 is 0 Å². The second kappa shape index (κ2) is 6.44. The Labute approximate surface area is 129 Å². The molecule has 0 aromatic heterocycles. The van der Waals surface area contributed by atoms with Crippen molar-refractivity contribution in [2.45, 2.75) is 37.5 Å². The molecule has 0 unspecified atom stereocenters. The van der Waals surface area contributed by atoms with E-state index in [4.69, 9.17) is 0 Å². The summed E-state index contributed by atoms with van der Waals surface area (Å²) in [4.78, 5) is 0. The van der Waals surface area contributed by atoms with Crippen LogP contribution in [0.2, 0.25) is 24.7 Å². The summed E-state index contributed by atoms with van der Waals surface area (Å²) in [5, 5.41) is 0. The quantitative estimate of drug-likeness (QED) is 0.473. The van der Waals surface area contributed by atoms with E-state index < -0.39 is 8.07 Å². The Morgan fingerprint density at radius 3 is 2.10 bits per heavy atom. The van der Waals surface area contributed by atoms with Crippen molar-refractivity contribution in [1.82, 2.24) is 0 Å². The predicted molar refractivity (Wildman–Crippen MR) is 95.4 cm³/mol. The summed E-state index contributed by atoms with van der Waals surface area (Å²) >= 11 is 0. The van der Waals surface area contributed by atoms with Gasteiger partial charge in [0.2, 0.25) is 0 Å². The summed E-state index contributed by atoms with van der Waals surface area (Å²) in [5.74, 6) is 0. The average molecular weight is 292 g/mol. The van der Waals surface area contributed by atoms with Crippen molar-refractivity contribution < 1.29 is 0 Å². The van der Waals surface area contributed by atoms with Crippen molar-refractivity contribution in [2.24, 2.45) is 0 Å². The Morgan fingerprint density at radius 2 is 1.43 bits per heavy atom. The third-order valence-corrected chi connectivity index (χ3v) is 8.70. The molecule has 108 valence electrons. The van der Waals surface area contributed by atoms with Crippen LogP contribution in [0.4, 0.5) is 0 Å². The highest BCUT2D eigenvalue weighted by molar-refractivity contribution is 6.80. The van der Waals surface area contributed by atoms with Crippen LogP contribution in [-0.4, -0.2) is 8.07 Å². The lowest BCUT2D eigenvalue weighted by molar-refractivity contribution is 0.898. The van der Waals surface area contributed by atoms with Gasteiger partial charge in [-0.15, -0.1) is 0 Å². The zero-order valence-electron chi connectivity index (χ0n) is 12.9. The standard InChI is InChI=1S/C20H24Si/c1-21(15-5-6-16-21)17-7-8-18-11-13-20(14-12-18)19-9-3-2-4-10-19/h2-6,9-14H,7-8,15-17H2,1H3. The van der Waals surface area contributed by atoms with E-state index in [0.717, 1.165) is 0 Å². The van der Waals surface area contributed by atoms with E-state index in [0.29, 0.717) is 0 Å². The normalized spacial score (nSPS) is 16.2. The van der Waals surface area contributed by atoms with Crippen molar-refractivity contribution in [3.05, 3.63) is 72.3 Å². The van der Waals surface area contributed by atoms with Crippen LogP contribution in [0, 0.1) is 0 Å². The maximum Gasteiger partial charge on any atom is 0.0579 e. The fourth-order valence-electron chi connectivity index (χ4n) is 3.24. The fraction of sp³-hybridized carbons (Fsp3) is 0.300. The molecule has 0 aliphatic carbocycles. The summed E-state index contributed by atoms with van der Waals surface area (Å²) in [6.45, 7) is 2.56. The molecule has 0 bridgehead atoms. The zero-order chi connectivity index (χ0) is 14.5. The summed E-state index contributed by atoms with van der Waals surface area (Å²) in [6, 6.07) is 24.0. The van der Waals surface area contributed by atoms with Gasteiger partial charge in [-0.2, -0.15) is 0 Å². The van der Waals surface area contributed by atoms with Crippen molar-refractivity contribution in [1.29, 1.82) is 0 Å². The number of allylic oxidation sites excluding steroid dienone is 2. The van der Waals surface area contributed by atoms with Gasteiger partial charge in [-0.05, 0) is 35.2 Å². The van der Waals surface area contributed by atoms with Gasteiger partial charge in [-0.3, -0.25) is 0 Å². The molecule has 1 aliphatic heterocycles. The molecule has 0 radical (unpaired) electrons. The molecule has 1 heterocycles. The van der Waals surface area contributed by atoms with Gasteiger partial charge in [0, 0.05) is 0 Å². The fourth-order valence-corrected chi connectivity index (χ4v) is 6.31. The van der Waals surface area contributed by atoms with Gasteiger partial charge in [0.05, 0.1) is 8.07 Å². The monoisotopic (exact) mass is 292 g/mol. The minimum Gasteiger partial charge on any atom is -0.0915 e. The molecule has 0 saturated carbocycles. The number of benzene rings is 2. The average Bonchev–Trinajstić information content (AvgIpc) is 2.96. The first-order valence-corrected chi connectivity index (χ1v) is 11.2. The summed E-state index contributed by atoms with van der Waals surface area (Å²) in [7, 11) is -0.915. The van der Waals surface area contributed by atoms with Crippen LogP contribution in [-0.2, 0) is 6.42 Å². The second-order valence-corrected chi connectivity index (χ2v) is 11.5. The van der Waals surface area contributed by atoms with E-state index in [2.05, 4.69) is 73.3 Å². The Bertz CT molecular complexity index is 587. The number of aryl methyl sites for hydroxylation is 1. The third kappa shape index (κ3) is 3.73. The van der Waals surface area contributed by atoms with Crippen molar-refractivity contribution >= 4 is 8.07 Å². The molecule has 0 spiro atoms. The molecular weight excluding hydrogens is 268 g/mol. The highest BCUT2D eigenvalue weighted by Crippen LogP contribution is 2.29. The minimum atomic E-state index is -0.915. The topological polar surface area (TPSA) is 0 Å². The van der Waals surface area contributed by atoms with Crippen LogP contribution in [0.3, 0.4) is 0 Å². The molecule has 0 amide bonds. The van der Waals surface area contributed by atoms with Crippen LogP contribution in [0.25, 0.3) is 11.1 Å². The Morgan fingerprint density at radius 1 is 0.810 bits per heavy atom. The van der Waals surface area contributed by atoms with Crippen molar-refractivity contribution in [3.8, 4) is 11.1 Å². The molecule has 1 heteroatoms. The predicted octanol–water partition coefficient (Wildman–Crippen LogP) is 5.93. The highest BCUT2D eigenvalue weighted by Gasteiger charge is 2.26. The Hall–Kier alpha value is -1.60. The van der Waals surface area contributed by atoms with Crippen LogP contribution >= 0.6 is 0 Å². The summed E-state index contributed by atoms with van der Waals surface area (Å²) < 4.78 is 0. The molecule has 0 N–H and O–H groups in total. The lowest BCUT2D eigenvalue weighted by Crippen LogP contribution is -2.25. The van der Waals surface area contributed by atoms with E-state index in [-0.39, 0.29) is 0 Å². The molecule has 0 nitrogen and oxygen atoms in total. The zero-order valence-corrected chi connectivity index (χ0v) is 13.9. The Kier molecular flexibility index (Phi) is 4.40. The van der Waals surface area contributed by atoms with Gasteiger partial charge in [0.25, 0.3) is 0 Å². The Balaban J connectivity index is 1.55. The molecule has 2 aromatic rings. The van der Waals surface area contributed by atoms with Gasteiger partial charge in [-0.1, -0.05) is 85.8 Å². The molecule has 3 rings (SSSR count). The van der Waals surface area contributed by atoms with Gasteiger partial charge in [-0.25, -0.2) is 0 Å². The number of hydrogen-bond acceptors (Lipinski definition) is 0. The third-order valence-electron chi connectivity index (χ3n) is 4.69. The molecule has 21 heavy (non-hydrogen) atoms. The van der Waals surface area contributed by atoms with Crippen molar-refractivity contribution in [3.63, 3.8) is 0 Å². The van der Waals surface area contributed by atoms with Gasteiger partial charge >= 0.3 is 0 Å². The first kappa shape index (κ1) is 14.3. The van der Waals surface area contributed by atoms with Crippen LogP contribution in [0.1, 0.15) is 12.0 Å². The second-order valence-electron chi connectivity index (χ2n) is 6.61. The van der Waals surface area contributed by atoms with Crippen LogP contribution in [0.5, 0.6) is 0 Å². The summed E-state index contributed by atoms with van der Waals surface area (Å²) in [6.07, 6.45) is 7.40.